The van der Waals surface area contributed by atoms with Crippen molar-refractivity contribution >= 4 is 11.9 Å². The van der Waals surface area contributed by atoms with E-state index in [4.69, 9.17) is 4.42 Å². The first-order chi connectivity index (χ1) is 13.0. The first kappa shape index (κ1) is 18.9. The lowest BCUT2D eigenvalue weighted by molar-refractivity contribution is -0.130. The molecule has 0 spiro atoms. The molecule has 0 saturated carbocycles. The van der Waals surface area contributed by atoms with Crippen molar-refractivity contribution in [2.24, 2.45) is 5.92 Å². The van der Waals surface area contributed by atoms with Crippen LogP contribution in [0.25, 0.3) is 11.5 Å². The summed E-state index contributed by atoms with van der Waals surface area (Å²) in [5.41, 5.74) is 0.843. The molecule has 0 bridgehead atoms. The van der Waals surface area contributed by atoms with E-state index in [1.807, 2.05) is 35.2 Å². The van der Waals surface area contributed by atoms with Crippen LogP contribution in [-0.4, -0.2) is 58.6 Å². The van der Waals surface area contributed by atoms with Gasteiger partial charge in [-0.1, -0.05) is 18.2 Å². The molecule has 144 valence electrons. The van der Waals surface area contributed by atoms with Gasteiger partial charge in [-0.05, 0) is 30.9 Å². The number of urea groups is 1. The highest BCUT2D eigenvalue weighted by Gasteiger charge is 2.22. The Balaban J connectivity index is 1.48. The van der Waals surface area contributed by atoms with Crippen LogP contribution < -0.4 is 5.32 Å². The van der Waals surface area contributed by atoms with E-state index in [2.05, 4.69) is 15.5 Å². The van der Waals surface area contributed by atoms with Crippen LogP contribution in [0, 0.1) is 5.92 Å². The van der Waals surface area contributed by atoms with Gasteiger partial charge in [0.2, 0.25) is 17.7 Å². The van der Waals surface area contributed by atoms with Crippen LogP contribution in [0.3, 0.4) is 0 Å². The lowest BCUT2D eigenvalue weighted by atomic mass is 9.98. The summed E-state index contributed by atoms with van der Waals surface area (Å²) in [6.07, 6.45) is 1.98. The summed E-state index contributed by atoms with van der Waals surface area (Å²) in [5, 5.41) is 11.0. The number of amides is 3. The number of carbonyl (C=O) groups is 2. The second-order valence-electron chi connectivity index (χ2n) is 6.88. The summed E-state index contributed by atoms with van der Waals surface area (Å²) in [6.45, 7) is 3.87. The Morgan fingerprint density at radius 1 is 1.30 bits per heavy atom. The van der Waals surface area contributed by atoms with Crippen molar-refractivity contribution in [1.82, 2.24) is 25.3 Å². The maximum Gasteiger partial charge on any atom is 0.317 e. The van der Waals surface area contributed by atoms with Crippen molar-refractivity contribution in [1.29, 1.82) is 0 Å². The zero-order valence-electron chi connectivity index (χ0n) is 15.7. The normalized spacial score (nSPS) is 16.8. The number of likely N-dealkylation sites (tertiary alicyclic amines) is 1. The van der Waals surface area contributed by atoms with Gasteiger partial charge in [0.05, 0.1) is 0 Å². The Labute approximate surface area is 158 Å². The predicted molar refractivity (Wildman–Crippen MR) is 99.6 cm³/mol. The lowest BCUT2D eigenvalue weighted by Gasteiger charge is -2.32. The third-order valence-corrected chi connectivity index (χ3v) is 4.71. The van der Waals surface area contributed by atoms with E-state index in [0.717, 1.165) is 24.9 Å². The van der Waals surface area contributed by atoms with E-state index in [9.17, 15) is 9.59 Å². The summed E-state index contributed by atoms with van der Waals surface area (Å²) in [7, 11) is 1.68. The van der Waals surface area contributed by atoms with Crippen LogP contribution in [-0.2, 0) is 11.3 Å². The SMILES string of the molecule is CC(=O)N1CCC[C@@H](CNC(=O)N(C)Cc2nnc(-c3ccccc3)o2)C1. The van der Waals surface area contributed by atoms with Crippen molar-refractivity contribution in [2.45, 2.75) is 26.3 Å². The van der Waals surface area contributed by atoms with Crippen LogP contribution in [0.15, 0.2) is 34.7 Å². The quantitative estimate of drug-likeness (QED) is 0.869. The van der Waals surface area contributed by atoms with Gasteiger partial charge in [0.25, 0.3) is 0 Å². The summed E-state index contributed by atoms with van der Waals surface area (Å²) < 4.78 is 5.64. The topological polar surface area (TPSA) is 91.6 Å². The molecule has 1 aliphatic rings. The molecule has 27 heavy (non-hydrogen) atoms. The van der Waals surface area contributed by atoms with Crippen LogP contribution >= 0.6 is 0 Å². The van der Waals surface area contributed by atoms with Gasteiger partial charge in [-0.15, -0.1) is 10.2 Å². The predicted octanol–water partition coefficient (Wildman–Crippen LogP) is 2.14. The molecule has 1 N–H and O–H groups in total. The molecule has 1 fully saturated rings. The number of nitrogens with one attached hydrogen (secondary N) is 1. The lowest BCUT2D eigenvalue weighted by Crippen LogP contribution is -2.45. The largest absolute Gasteiger partial charge is 0.419 e. The fraction of sp³-hybridized carbons (Fsp3) is 0.474. The number of hydrogen-bond acceptors (Lipinski definition) is 5. The molecular formula is C19H25N5O3. The molecule has 1 atom stereocenters. The molecule has 2 aromatic rings. The Hall–Kier alpha value is -2.90. The van der Waals surface area contributed by atoms with E-state index in [1.54, 1.807) is 14.0 Å². The number of nitrogens with zero attached hydrogens (tertiary/aromatic N) is 4. The van der Waals surface area contributed by atoms with Gasteiger partial charge >= 0.3 is 6.03 Å². The maximum absolute atomic E-state index is 12.3. The average molecular weight is 371 g/mol. The van der Waals surface area contributed by atoms with E-state index < -0.39 is 0 Å². The van der Waals surface area contributed by atoms with Gasteiger partial charge in [0.15, 0.2) is 0 Å². The summed E-state index contributed by atoms with van der Waals surface area (Å²) in [4.78, 5) is 27.2. The van der Waals surface area contributed by atoms with Gasteiger partial charge in [-0.25, -0.2) is 4.79 Å². The minimum atomic E-state index is -0.200. The number of piperidine rings is 1. The molecular weight excluding hydrogens is 346 g/mol. The fourth-order valence-corrected chi connectivity index (χ4v) is 3.17. The van der Waals surface area contributed by atoms with Crippen molar-refractivity contribution in [3.63, 3.8) is 0 Å². The Bertz CT molecular complexity index is 777. The highest BCUT2D eigenvalue weighted by atomic mass is 16.4. The number of hydrogen-bond donors (Lipinski definition) is 1. The van der Waals surface area contributed by atoms with Crippen LogP contribution in [0.2, 0.25) is 0 Å². The summed E-state index contributed by atoms with van der Waals surface area (Å²) >= 11 is 0. The van der Waals surface area contributed by atoms with Crippen molar-refractivity contribution in [3.05, 3.63) is 36.2 Å². The van der Waals surface area contributed by atoms with Gasteiger partial charge < -0.3 is 19.5 Å². The second-order valence-corrected chi connectivity index (χ2v) is 6.88. The van der Waals surface area contributed by atoms with E-state index in [0.29, 0.717) is 24.9 Å². The standard InChI is InChI=1S/C19H25N5O3/c1-14(25)24-10-6-7-15(12-24)11-20-19(26)23(2)13-17-21-22-18(27-17)16-8-4-3-5-9-16/h3-5,8-9,15H,6-7,10-13H2,1-2H3,(H,20,26)/t15-/m0/s1. The number of aromatic nitrogens is 2. The summed E-state index contributed by atoms with van der Waals surface area (Å²) in [6, 6.07) is 9.30. The van der Waals surface area contributed by atoms with E-state index >= 15 is 0 Å². The van der Waals surface area contributed by atoms with Crippen molar-refractivity contribution < 1.29 is 14.0 Å². The van der Waals surface area contributed by atoms with Crippen LogP contribution in [0.5, 0.6) is 0 Å². The van der Waals surface area contributed by atoms with Gasteiger partial charge in [-0.3, -0.25) is 4.79 Å². The number of rotatable bonds is 5. The van der Waals surface area contributed by atoms with Crippen molar-refractivity contribution in [2.75, 3.05) is 26.7 Å². The van der Waals surface area contributed by atoms with E-state index in [1.165, 1.54) is 4.90 Å². The first-order valence-corrected chi connectivity index (χ1v) is 9.15. The highest BCUT2D eigenvalue weighted by molar-refractivity contribution is 5.74. The van der Waals surface area contributed by atoms with Crippen molar-refractivity contribution in [3.8, 4) is 11.5 Å². The van der Waals surface area contributed by atoms with Crippen LogP contribution in [0.1, 0.15) is 25.7 Å². The second kappa shape index (κ2) is 8.66. The zero-order valence-corrected chi connectivity index (χ0v) is 15.7. The summed E-state index contributed by atoms with van der Waals surface area (Å²) in [5.74, 6) is 1.19. The maximum atomic E-state index is 12.3. The monoisotopic (exact) mass is 371 g/mol. The first-order valence-electron chi connectivity index (χ1n) is 9.15. The fourth-order valence-electron chi connectivity index (χ4n) is 3.17. The Morgan fingerprint density at radius 2 is 2.07 bits per heavy atom. The molecule has 0 unspecified atom stereocenters. The molecule has 3 amide bonds. The molecule has 2 heterocycles. The molecule has 1 aromatic carbocycles. The number of benzene rings is 1. The highest BCUT2D eigenvalue weighted by Crippen LogP contribution is 2.18. The third-order valence-electron chi connectivity index (χ3n) is 4.71. The molecule has 1 aromatic heterocycles. The minimum Gasteiger partial charge on any atom is -0.419 e. The molecule has 8 nitrogen and oxygen atoms in total. The Morgan fingerprint density at radius 3 is 2.81 bits per heavy atom. The molecule has 3 rings (SSSR count). The molecule has 0 aliphatic carbocycles. The van der Waals surface area contributed by atoms with Crippen LogP contribution in [0.4, 0.5) is 4.79 Å². The van der Waals surface area contributed by atoms with Gasteiger partial charge in [0.1, 0.15) is 6.54 Å². The molecule has 1 saturated heterocycles. The van der Waals surface area contributed by atoms with E-state index in [-0.39, 0.29) is 24.4 Å². The molecule has 8 heteroatoms. The molecule has 1 aliphatic heterocycles. The zero-order chi connectivity index (χ0) is 19.2. The van der Waals surface area contributed by atoms with Gasteiger partial charge in [0, 0.05) is 39.2 Å². The third kappa shape index (κ3) is 5.06. The molecule has 0 radical (unpaired) electrons. The number of carbonyl (C=O) groups excluding carboxylic acids is 2. The Kier molecular flexibility index (Phi) is 6.05. The average Bonchev–Trinajstić information content (AvgIpc) is 3.15. The smallest absolute Gasteiger partial charge is 0.317 e. The van der Waals surface area contributed by atoms with Gasteiger partial charge in [-0.2, -0.15) is 0 Å². The minimum absolute atomic E-state index is 0.0914.